The fourth-order valence-electron chi connectivity index (χ4n) is 2.08. The third-order valence-electron chi connectivity index (χ3n) is 3.21. The third kappa shape index (κ3) is 4.22. The average molecular weight is 384 g/mol. The van der Waals surface area contributed by atoms with Crippen molar-refractivity contribution in [2.75, 3.05) is 5.32 Å². The number of nitrogens with zero attached hydrogens (tertiary/aromatic N) is 4. The first-order valence-corrected chi connectivity index (χ1v) is 10.2. The zero-order valence-corrected chi connectivity index (χ0v) is 15.4. The summed E-state index contributed by atoms with van der Waals surface area (Å²) >= 11 is 4.80. The second-order valence-corrected chi connectivity index (χ2v) is 8.07. The van der Waals surface area contributed by atoms with E-state index < -0.39 is 0 Å². The summed E-state index contributed by atoms with van der Waals surface area (Å²) in [6.07, 6.45) is 1.79. The highest BCUT2D eigenvalue weighted by molar-refractivity contribution is 8.00. The molecule has 3 aromatic heterocycles. The second kappa shape index (κ2) is 7.73. The molecule has 0 bridgehead atoms. The van der Waals surface area contributed by atoms with Crippen molar-refractivity contribution in [3.8, 4) is 10.7 Å². The number of thioether (sulfide) groups is 1. The molecule has 0 aliphatic rings. The van der Waals surface area contributed by atoms with Crippen LogP contribution in [0.2, 0.25) is 0 Å². The predicted molar refractivity (Wildman–Crippen MR) is 105 cm³/mol. The number of aromatic nitrogens is 4. The van der Waals surface area contributed by atoms with Gasteiger partial charge < -0.3 is 5.32 Å². The highest BCUT2D eigenvalue weighted by Crippen LogP contribution is 2.31. The van der Waals surface area contributed by atoms with E-state index in [9.17, 15) is 0 Å². The van der Waals surface area contributed by atoms with Crippen LogP contribution in [-0.2, 0) is 5.75 Å². The van der Waals surface area contributed by atoms with Gasteiger partial charge in [0.2, 0.25) is 5.13 Å². The largest absolute Gasteiger partial charge is 0.330 e. The molecule has 0 atom stereocenters. The Morgan fingerprint density at radius 1 is 1.00 bits per heavy atom. The lowest BCUT2D eigenvalue weighted by Crippen LogP contribution is -1.87. The van der Waals surface area contributed by atoms with Crippen LogP contribution in [0.4, 0.5) is 10.8 Å². The summed E-state index contributed by atoms with van der Waals surface area (Å²) < 4.78 is 0.922. The average Bonchev–Trinajstić information content (AvgIpc) is 3.31. The Labute approximate surface area is 157 Å². The van der Waals surface area contributed by atoms with Gasteiger partial charge in [-0.05, 0) is 24.3 Å². The van der Waals surface area contributed by atoms with Crippen LogP contribution in [0, 0.1) is 0 Å². The smallest absolute Gasteiger partial charge is 0.210 e. The van der Waals surface area contributed by atoms with Gasteiger partial charge >= 0.3 is 0 Å². The number of hydrogen-bond acceptors (Lipinski definition) is 8. The molecule has 0 amide bonds. The molecule has 5 nitrogen and oxygen atoms in total. The summed E-state index contributed by atoms with van der Waals surface area (Å²) in [5.74, 6) is 0.767. The van der Waals surface area contributed by atoms with Gasteiger partial charge in [-0.1, -0.05) is 47.4 Å². The topological polar surface area (TPSA) is 63.6 Å². The molecule has 0 aliphatic carbocycles. The van der Waals surface area contributed by atoms with Crippen LogP contribution in [-0.4, -0.2) is 20.2 Å². The minimum Gasteiger partial charge on any atom is -0.330 e. The van der Waals surface area contributed by atoms with Gasteiger partial charge in [-0.2, -0.15) is 0 Å². The van der Waals surface area contributed by atoms with Crippen molar-refractivity contribution >= 4 is 45.3 Å². The third-order valence-corrected chi connectivity index (χ3v) is 6.13. The van der Waals surface area contributed by atoms with Gasteiger partial charge in [-0.25, -0.2) is 4.98 Å². The van der Waals surface area contributed by atoms with Crippen molar-refractivity contribution < 1.29 is 0 Å². The van der Waals surface area contributed by atoms with Gasteiger partial charge in [-0.3, -0.25) is 4.98 Å². The van der Waals surface area contributed by atoms with Crippen molar-refractivity contribution in [2.45, 2.75) is 10.1 Å². The number of para-hydroxylation sites is 1. The molecule has 25 heavy (non-hydrogen) atoms. The fraction of sp³-hybridized carbons (Fsp3) is 0.0588. The van der Waals surface area contributed by atoms with E-state index in [1.54, 1.807) is 40.6 Å². The summed E-state index contributed by atoms with van der Waals surface area (Å²) in [7, 11) is 0. The Bertz CT molecular complexity index is 937. The molecule has 0 aliphatic heterocycles. The van der Waals surface area contributed by atoms with Crippen LogP contribution >= 0.6 is 34.4 Å². The molecule has 0 radical (unpaired) electrons. The first-order valence-electron chi connectivity index (χ1n) is 7.51. The monoisotopic (exact) mass is 383 g/mol. The van der Waals surface area contributed by atoms with Crippen LogP contribution in [0.15, 0.2) is 64.4 Å². The zero-order valence-electron chi connectivity index (χ0n) is 13.0. The van der Waals surface area contributed by atoms with Crippen LogP contribution < -0.4 is 5.32 Å². The zero-order chi connectivity index (χ0) is 16.9. The molecule has 4 rings (SSSR count). The minimum absolute atomic E-state index is 0.767. The van der Waals surface area contributed by atoms with Gasteiger partial charge in [0.15, 0.2) is 4.34 Å². The highest BCUT2D eigenvalue weighted by atomic mass is 32.2. The molecule has 1 aromatic carbocycles. The molecule has 0 unspecified atom stereocenters. The second-order valence-electron chi connectivity index (χ2n) is 5.01. The minimum atomic E-state index is 0.767. The molecule has 0 spiro atoms. The standard InChI is InChI=1S/C17H13N5S3/c1-2-6-12(7-3-1)20-16-21-22-17(25-16)24-11-13-10-23-15(19-13)14-8-4-5-9-18-14/h1-10H,11H2,(H,20,21). The summed E-state index contributed by atoms with van der Waals surface area (Å²) in [4.78, 5) is 8.98. The maximum Gasteiger partial charge on any atom is 0.210 e. The van der Waals surface area contributed by atoms with E-state index >= 15 is 0 Å². The normalized spacial score (nSPS) is 10.7. The van der Waals surface area contributed by atoms with Gasteiger partial charge in [0, 0.05) is 23.0 Å². The molecule has 3 heterocycles. The van der Waals surface area contributed by atoms with Crippen LogP contribution in [0.5, 0.6) is 0 Å². The first-order chi connectivity index (χ1) is 12.4. The van der Waals surface area contributed by atoms with E-state index in [0.717, 1.165) is 37.3 Å². The fourth-order valence-corrected chi connectivity index (χ4v) is 4.64. The van der Waals surface area contributed by atoms with Crippen LogP contribution in [0.1, 0.15) is 5.69 Å². The summed E-state index contributed by atoms with van der Waals surface area (Å²) in [6.45, 7) is 0. The van der Waals surface area contributed by atoms with Crippen molar-refractivity contribution in [1.29, 1.82) is 0 Å². The molecular formula is C17H13N5S3. The van der Waals surface area contributed by atoms with E-state index in [1.165, 1.54) is 0 Å². The van der Waals surface area contributed by atoms with E-state index in [0.29, 0.717) is 0 Å². The lowest BCUT2D eigenvalue weighted by molar-refractivity contribution is 1.01. The SMILES string of the molecule is c1ccc(Nc2nnc(SCc3csc(-c4ccccn4)n3)s2)cc1. The summed E-state index contributed by atoms with van der Waals surface area (Å²) in [5.41, 5.74) is 2.95. The van der Waals surface area contributed by atoms with Crippen molar-refractivity contribution in [2.24, 2.45) is 0 Å². The number of rotatable bonds is 6. The molecular weight excluding hydrogens is 370 g/mol. The lowest BCUT2D eigenvalue weighted by atomic mass is 10.3. The molecule has 1 N–H and O–H groups in total. The van der Waals surface area contributed by atoms with Crippen molar-refractivity contribution in [3.63, 3.8) is 0 Å². The van der Waals surface area contributed by atoms with Gasteiger partial charge in [-0.15, -0.1) is 21.5 Å². The summed E-state index contributed by atoms with van der Waals surface area (Å²) in [5, 5.41) is 15.5. The Kier molecular flexibility index (Phi) is 5.01. The summed E-state index contributed by atoms with van der Waals surface area (Å²) in [6, 6.07) is 15.8. The van der Waals surface area contributed by atoms with E-state index in [-0.39, 0.29) is 0 Å². The molecule has 124 valence electrons. The van der Waals surface area contributed by atoms with E-state index in [4.69, 9.17) is 0 Å². The molecule has 8 heteroatoms. The molecule has 4 aromatic rings. The van der Waals surface area contributed by atoms with Crippen LogP contribution in [0.3, 0.4) is 0 Å². The van der Waals surface area contributed by atoms with Gasteiger partial charge in [0.1, 0.15) is 5.01 Å². The van der Waals surface area contributed by atoms with Crippen molar-refractivity contribution in [3.05, 3.63) is 65.8 Å². The van der Waals surface area contributed by atoms with E-state index in [1.807, 2.05) is 48.5 Å². The number of thiazole rings is 1. The maximum absolute atomic E-state index is 4.65. The molecule has 0 saturated carbocycles. The quantitative estimate of drug-likeness (QED) is 0.468. The van der Waals surface area contributed by atoms with Gasteiger partial charge in [0.25, 0.3) is 0 Å². The van der Waals surface area contributed by atoms with Crippen LogP contribution in [0.25, 0.3) is 10.7 Å². The Morgan fingerprint density at radius 2 is 1.88 bits per heavy atom. The number of benzene rings is 1. The number of hydrogen-bond donors (Lipinski definition) is 1. The maximum atomic E-state index is 4.65. The predicted octanol–water partition coefficient (Wildman–Crippen LogP) is 5.09. The van der Waals surface area contributed by atoms with Gasteiger partial charge in [0.05, 0.1) is 11.4 Å². The first kappa shape index (κ1) is 16.2. The lowest BCUT2D eigenvalue weighted by Gasteiger charge is -1.99. The Balaban J connectivity index is 1.37. The number of nitrogens with one attached hydrogen (secondary N) is 1. The molecule has 0 saturated heterocycles. The Morgan fingerprint density at radius 3 is 2.72 bits per heavy atom. The van der Waals surface area contributed by atoms with E-state index in [2.05, 4.69) is 30.9 Å². The van der Waals surface area contributed by atoms with Crippen molar-refractivity contribution in [1.82, 2.24) is 20.2 Å². The molecule has 0 fully saturated rings. The number of pyridine rings is 1. The Hall–Kier alpha value is -2.29. The number of anilines is 2. The highest BCUT2D eigenvalue weighted by Gasteiger charge is 2.09.